The highest BCUT2D eigenvalue weighted by Gasteiger charge is 2.35. The van der Waals surface area contributed by atoms with Gasteiger partial charge in [0.15, 0.2) is 0 Å². The first-order chi connectivity index (χ1) is 13.6. The second kappa shape index (κ2) is 8.80. The molecule has 156 valence electrons. The molecule has 0 N–H and O–H groups in total. The van der Waals surface area contributed by atoms with E-state index in [9.17, 15) is 14.4 Å². The smallest absolute Gasteiger partial charge is 0.236 e. The summed E-state index contributed by atoms with van der Waals surface area (Å²) in [5, 5.41) is 0. The number of piperazine rings is 1. The summed E-state index contributed by atoms with van der Waals surface area (Å²) in [6.07, 6.45) is 7.07. The number of amides is 3. The number of rotatable bonds is 5. The van der Waals surface area contributed by atoms with Gasteiger partial charge < -0.3 is 14.7 Å². The van der Waals surface area contributed by atoms with E-state index in [4.69, 9.17) is 0 Å². The molecular weight excluding hydrogens is 356 g/mol. The van der Waals surface area contributed by atoms with E-state index in [1.54, 1.807) is 0 Å². The van der Waals surface area contributed by atoms with Crippen molar-refractivity contribution in [1.82, 2.24) is 19.6 Å². The highest BCUT2D eigenvalue weighted by molar-refractivity contribution is 5.82. The topological polar surface area (TPSA) is 64.2 Å². The van der Waals surface area contributed by atoms with Gasteiger partial charge >= 0.3 is 0 Å². The summed E-state index contributed by atoms with van der Waals surface area (Å²) >= 11 is 0. The van der Waals surface area contributed by atoms with Crippen LogP contribution in [0.15, 0.2) is 0 Å². The summed E-state index contributed by atoms with van der Waals surface area (Å²) < 4.78 is 0. The van der Waals surface area contributed by atoms with Crippen LogP contribution in [0.25, 0.3) is 0 Å². The Morgan fingerprint density at radius 3 is 1.82 bits per heavy atom. The van der Waals surface area contributed by atoms with Crippen LogP contribution in [0, 0.1) is 11.8 Å². The predicted molar refractivity (Wildman–Crippen MR) is 105 cm³/mol. The van der Waals surface area contributed by atoms with Crippen molar-refractivity contribution < 1.29 is 14.4 Å². The SMILES string of the molecule is O=C(CC1CCN(CC(=O)N2CCN(C(=O)C3CC3)CC2)CC1)N1CCCC1. The van der Waals surface area contributed by atoms with Gasteiger partial charge in [-0.15, -0.1) is 0 Å². The summed E-state index contributed by atoms with van der Waals surface area (Å²) in [6, 6.07) is 0. The Kier molecular flexibility index (Phi) is 6.19. The molecule has 0 bridgehead atoms. The third kappa shape index (κ3) is 4.85. The van der Waals surface area contributed by atoms with E-state index in [-0.39, 0.29) is 17.7 Å². The standard InChI is InChI=1S/C21H34N4O3/c26-19(23-7-1-2-8-23)15-17-5-9-22(10-6-17)16-20(27)24-11-13-25(14-12-24)21(28)18-3-4-18/h17-18H,1-16H2. The van der Waals surface area contributed by atoms with Crippen LogP contribution in [0.3, 0.4) is 0 Å². The molecule has 3 aliphatic heterocycles. The zero-order valence-corrected chi connectivity index (χ0v) is 17.0. The highest BCUT2D eigenvalue weighted by Crippen LogP contribution is 2.31. The zero-order valence-electron chi connectivity index (χ0n) is 17.0. The van der Waals surface area contributed by atoms with Gasteiger partial charge in [0.1, 0.15) is 0 Å². The van der Waals surface area contributed by atoms with Crippen molar-refractivity contribution in [3.05, 3.63) is 0 Å². The Labute approximate surface area is 168 Å². The molecule has 28 heavy (non-hydrogen) atoms. The Morgan fingerprint density at radius 1 is 0.643 bits per heavy atom. The molecule has 1 aliphatic carbocycles. The number of carbonyl (C=O) groups excluding carboxylic acids is 3. The van der Waals surface area contributed by atoms with Crippen LogP contribution in [-0.4, -0.2) is 96.2 Å². The first-order valence-corrected chi connectivity index (χ1v) is 11.2. The predicted octanol–water partition coefficient (Wildman–Crippen LogP) is 0.792. The van der Waals surface area contributed by atoms with E-state index in [0.717, 1.165) is 64.7 Å². The molecule has 0 radical (unpaired) electrons. The Hall–Kier alpha value is -1.63. The highest BCUT2D eigenvalue weighted by atomic mass is 16.2. The third-order valence-electron chi connectivity index (χ3n) is 6.86. The lowest BCUT2D eigenvalue weighted by atomic mass is 9.93. The lowest BCUT2D eigenvalue weighted by Crippen LogP contribution is -2.53. The van der Waals surface area contributed by atoms with Crippen molar-refractivity contribution >= 4 is 17.7 Å². The van der Waals surface area contributed by atoms with Crippen molar-refractivity contribution in [3.8, 4) is 0 Å². The van der Waals surface area contributed by atoms with Gasteiger partial charge in [-0.1, -0.05) is 0 Å². The lowest BCUT2D eigenvalue weighted by molar-refractivity contribution is -0.141. The number of carbonyl (C=O) groups is 3. The molecule has 7 nitrogen and oxygen atoms in total. The number of likely N-dealkylation sites (tertiary alicyclic amines) is 2. The summed E-state index contributed by atoms with van der Waals surface area (Å²) in [5.41, 5.74) is 0. The van der Waals surface area contributed by atoms with Gasteiger partial charge in [-0.3, -0.25) is 19.3 Å². The number of nitrogens with zero attached hydrogens (tertiary/aromatic N) is 4. The lowest BCUT2D eigenvalue weighted by Gasteiger charge is -2.37. The van der Waals surface area contributed by atoms with Crippen molar-refractivity contribution in [2.24, 2.45) is 11.8 Å². The maximum Gasteiger partial charge on any atom is 0.236 e. The normalized spacial score (nSPS) is 24.6. The Bertz CT molecular complexity index is 584. The minimum atomic E-state index is 0.185. The Morgan fingerprint density at radius 2 is 1.21 bits per heavy atom. The fourth-order valence-electron chi connectivity index (χ4n) is 4.75. The molecule has 1 saturated carbocycles. The summed E-state index contributed by atoms with van der Waals surface area (Å²) in [4.78, 5) is 45.2. The average Bonchev–Trinajstić information content (AvgIpc) is 3.42. The van der Waals surface area contributed by atoms with E-state index < -0.39 is 0 Å². The molecule has 0 aromatic carbocycles. The molecule has 0 aromatic rings. The maximum atomic E-state index is 12.6. The molecule has 0 atom stereocenters. The summed E-state index contributed by atoms with van der Waals surface area (Å²) in [6.45, 7) is 6.86. The van der Waals surface area contributed by atoms with Crippen LogP contribution in [0.1, 0.15) is 44.9 Å². The van der Waals surface area contributed by atoms with Crippen LogP contribution in [0.4, 0.5) is 0 Å². The first kappa shape index (κ1) is 19.7. The molecule has 3 amide bonds. The molecule has 4 rings (SSSR count). The minimum Gasteiger partial charge on any atom is -0.343 e. The van der Waals surface area contributed by atoms with Gasteiger partial charge in [-0.2, -0.15) is 0 Å². The van der Waals surface area contributed by atoms with Gasteiger partial charge in [-0.05, 0) is 57.5 Å². The van der Waals surface area contributed by atoms with E-state index in [2.05, 4.69) is 4.90 Å². The zero-order chi connectivity index (χ0) is 19.5. The molecule has 7 heteroatoms. The summed E-state index contributed by atoms with van der Waals surface area (Å²) in [5.74, 6) is 1.53. The monoisotopic (exact) mass is 390 g/mol. The number of hydrogen-bond acceptors (Lipinski definition) is 4. The van der Waals surface area contributed by atoms with E-state index >= 15 is 0 Å². The van der Waals surface area contributed by atoms with Crippen molar-refractivity contribution in [2.45, 2.75) is 44.9 Å². The second-order valence-electron chi connectivity index (χ2n) is 8.99. The van der Waals surface area contributed by atoms with E-state index in [1.807, 2.05) is 14.7 Å². The first-order valence-electron chi connectivity index (χ1n) is 11.2. The van der Waals surface area contributed by atoms with Crippen molar-refractivity contribution in [2.75, 3.05) is 58.9 Å². The van der Waals surface area contributed by atoms with Crippen molar-refractivity contribution in [3.63, 3.8) is 0 Å². The molecular formula is C21H34N4O3. The van der Waals surface area contributed by atoms with Crippen molar-refractivity contribution in [1.29, 1.82) is 0 Å². The molecule has 0 spiro atoms. The van der Waals surface area contributed by atoms with Crippen LogP contribution < -0.4 is 0 Å². The largest absolute Gasteiger partial charge is 0.343 e. The molecule has 4 aliphatic rings. The number of hydrogen-bond donors (Lipinski definition) is 0. The van der Waals surface area contributed by atoms with Crippen LogP contribution in [-0.2, 0) is 14.4 Å². The van der Waals surface area contributed by atoms with Gasteiger partial charge in [0, 0.05) is 51.6 Å². The Balaban J connectivity index is 1.14. The van der Waals surface area contributed by atoms with E-state index in [0.29, 0.717) is 51.0 Å². The second-order valence-corrected chi connectivity index (χ2v) is 8.99. The van der Waals surface area contributed by atoms with Crippen LogP contribution >= 0.6 is 0 Å². The molecule has 0 unspecified atom stereocenters. The van der Waals surface area contributed by atoms with Gasteiger partial charge in [0.25, 0.3) is 0 Å². The fourth-order valence-corrected chi connectivity index (χ4v) is 4.75. The maximum absolute atomic E-state index is 12.6. The van der Waals surface area contributed by atoms with E-state index in [1.165, 1.54) is 0 Å². The van der Waals surface area contributed by atoms with Crippen LogP contribution in [0.5, 0.6) is 0 Å². The average molecular weight is 391 g/mol. The minimum absolute atomic E-state index is 0.185. The molecule has 4 fully saturated rings. The summed E-state index contributed by atoms with van der Waals surface area (Å²) in [7, 11) is 0. The van der Waals surface area contributed by atoms with Gasteiger partial charge in [0.2, 0.25) is 17.7 Å². The van der Waals surface area contributed by atoms with Gasteiger partial charge in [0.05, 0.1) is 6.54 Å². The molecule has 3 heterocycles. The molecule has 3 saturated heterocycles. The van der Waals surface area contributed by atoms with Crippen LogP contribution in [0.2, 0.25) is 0 Å². The fraction of sp³-hybridized carbons (Fsp3) is 0.857. The molecule has 0 aromatic heterocycles. The quantitative estimate of drug-likeness (QED) is 0.696. The third-order valence-corrected chi connectivity index (χ3v) is 6.86. The van der Waals surface area contributed by atoms with Gasteiger partial charge in [-0.25, -0.2) is 0 Å². The number of piperidine rings is 1.